The molecule has 0 atom stereocenters. The van der Waals surface area contributed by atoms with Crippen LogP contribution in [0.4, 0.5) is 19.1 Å². The van der Waals surface area contributed by atoms with Gasteiger partial charge in [0, 0.05) is 6.42 Å². The van der Waals surface area contributed by atoms with Gasteiger partial charge >= 0.3 is 23.4 Å². The number of benzene rings is 2. The zero-order valence-electron chi connectivity index (χ0n) is 15.7. The summed E-state index contributed by atoms with van der Waals surface area (Å²) in [5.74, 6) is -2.36. The molecule has 0 bridgehead atoms. The molecular formula is C20H20F3N3O2P+. The Morgan fingerprint density at radius 2 is 1.62 bits per heavy atom. The minimum Gasteiger partial charge on any atom is -0.281 e. The van der Waals surface area contributed by atoms with Crippen molar-refractivity contribution in [2.45, 2.75) is 32.5 Å². The molecule has 0 saturated carbocycles. The lowest BCUT2D eigenvalue weighted by Crippen LogP contribution is -2.51. The number of halogens is 3. The van der Waals surface area contributed by atoms with E-state index < -0.39 is 20.0 Å². The number of amides is 1. The maximum absolute atomic E-state index is 12.8. The predicted octanol–water partition coefficient (Wildman–Crippen LogP) is 3.02. The van der Waals surface area contributed by atoms with E-state index in [0.29, 0.717) is 12.0 Å². The van der Waals surface area contributed by atoms with Crippen molar-refractivity contribution in [3.63, 3.8) is 0 Å². The molecule has 0 aliphatic heterocycles. The maximum atomic E-state index is 12.8. The molecule has 2 aromatic carbocycles. The van der Waals surface area contributed by atoms with Gasteiger partial charge in [-0.25, -0.2) is 0 Å². The van der Waals surface area contributed by atoms with Gasteiger partial charge in [0.1, 0.15) is 0 Å². The molecule has 1 N–H and O–H groups in total. The second kappa shape index (κ2) is 9.18. The van der Waals surface area contributed by atoms with Crippen LogP contribution in [0, 0.1) is 0 Å². The average Bonchev–Trinajstić information content (AvgIpc) is 3.10. The molecule has 0 saturated heterocycles. The molecule has 152 valence electrons. The summed E-state index contributed by atoms with van der Waals surface area (Å²) in [6, 6.07) is 18.8. The van der Waals surface area contributed by atoms with Gasteiger partial charge < -0.3 is 0 Å². The summed E-state index contributed by atoms with van der Waals surface area (Å²) in [4.78, 5) is 11.6. The topological polar surface area (TPSA) is 59.0 Å². The van der Waals surface area contributed by atoms with E-state index in [-0.39, 0.29) is 5.88 Å². The molecule has 0 radical (unpaired) electrons. The summed E-state index contributed by atoms with van der Waals surface area (Å²) in [6.45, 7) is 2.47. The molecule has 29 heavy (non-hydrogen) atoms. The smallest absolute Gasteiger partial charge is 0.281 e. The molecule has 9 heteroatoms. The van der Waals surface area contributed by atoms with Crippen LogP contribution in [0.25, 0.3) is 0 Å². The average molecular weight is 422 g/mol. The van der Waals surface area contributed by atoms with Crippen LogP contribution >= 0.6 is 7.92 Å². The number of nitrogens with one attached hydrogen (secondary N) is 1. The Kier molecular flexibility index (Phi) is 6.64. The third-order valence-electron chi connectivity index (χ3n) is 4.13. The minimum absolute atomic E-state index is 0.276. The van der Waals surface area contributed by atoms with Gasteiger partial charge in [-0.05, 0) is 15.3 Å². The van der Waals surface area contributed by atoms with Crippen LogP contribution in [0.15, 0.2) is 65.2 Å². The third kappa shape index (κ3) is 5.01. The number of carbonyl (C=O) groups is 1. The summed E-state index contributed by atoms with van der Waals surface area (Å²) < 4.78 is 45.3. The molecule has 1 amide bonds. The van der Waals surface area contributed by atoms with Crippen LogP contribution in [0.3, 0.4) is 0 Å². The summed E-state index contributed by atoms with van der Waals surface area (Å²) in [6.07, 6.45) is -3.39. The van der Waals surface area contributed by atoms with Crippen molar-refractivity contribution in [2.75, 3.05) is 5.32 Å². The van der Waals surface area contributed by atoms with Crippen molar-refractivity contribution in [1.82, 2.24) is 5.27 Å². The summed E-state index contributed by atoms with van der Waals surface area (Å²) >= 11 is 0. The quantitative estimate of drug-likeness (QED) is 0.471. The van der Waals surface area contributed by atoms with E-state index in [1.165, 1.54) is 0 Å². The number of aryl methyl sites for hydroxylation is 1. The van der Waals surface area contributed by atoms with Crippen molar-refractivity contribution < 1.29 is 27.2 Å². The number of unbranched alkanes of at least 4 members (excludes halogenated alkanes) is 1. The molecule has 0 spiro atoms. The van der Waals surface area contributed by atoms with E-state index >= 15 is 0 Å². The van der Waals surface area contributed by atoms with Crippen LogP contribution in [-0.2, 0) is 11.3 Å². The van der Waals surface area contributed by atoms with Crippen molar-refractivity contribution in [2.24, 2.45) is 0 Å². The fraction of sp³-hybridized carbons (Fsp3) is 0.250. The fourth-order valence-corrected chi connectivity index (χ4v) is 5.15. The zero-order valence-corrected chi connectivity index (χ0v) is 16.6. The molecule has 3 aromatic rings. The van der Waals surface area contributed by atoms with Gasteiger partial charge in [-0.15, -0.1) is 0 Å². The lowest BCUT2D eigenvalue weighted by molar-refractivity contribution is -0.747. The first kappa shape index (κ1) is 21.0. The van der Waals surface area contributed by atoms with Crippen molar-refractivity contribution in [3.05, 3.63) is 60.7 Å². The Morgan fingerprint density at radius 1 is 1.07 bits per heavy atom. The molecule has 0 unspecified atom stereocenters. The summed E-state index contributed by atoms with van der Waals surface area (Å²) in [7, 11) is -1.31. The number of hydrogen-bond acceptors (Lipinski definition) is 3. The molecule has 0 fully saturated rings. The molecule has 5 nitrogen and oxygen atoms in total. The molecule has 0 aliphatic carbocycles. The number of anilines is 1. The highest BCUT2D eigenvalue weighted by atomic mass is 31.1. The van der Waals surface area contributed by atoms with Gasteiger partial charge in [0.25, 0.3) is 0 Å². The number of hydrogen-bond donors (Lipinski definition) is 1. The second-order valence-corrected chi connectivity index (χ2v) is 8.39. The van der Waals surface area contributed by atoms with E-state index in [9.17, 15) is 18.0 Å². The van der Waals surface area contributed by atoms with Gasteiger partial charge in [-0.2, -0.15) is 13.2 Å². The van der Waals surface area contributed by atoms with Gasteiger partial charge in [-0.1, -0.05) is 74.0 Å². The zero-order chi connectivity index (χ0) is 20.9. The molecule has 3 rings (SSSR count). The molecular weight excluding hydrogens is 402 g/mol. The van der Waals surface area contributed by atoms with E-state index in [2.05, 4.69) is 5.27 Å². The van der Waals surface area contributed by atoms with Gasteiger partial charge in [0.05, 0.1) is 7.92 Å². The second-order valence-electron chi connectivity index (χ2n) is 6.26. The van der Waals surface area contributed by atoms with Crippen molar-refractivity contribution in [1.29, 1.82) is 0 Å². The lowest BCUT2D eigenvalue weighted by Gasteiger charge is -2.15. The SMILES string of the molecule is CCCC[n+]1noc(NC(=O)C(F)(F)F)c1P(c1ccccc1)c1ccccc1. The van der Waals surface area contributed by atoms with Crippen LogP contribution in [0.5, 0.6) is 0 Å². The van der Waals surface area contributed by atoms with E-state index in [1.54, 1.807) is 4.68 Å². The van der Waals surface area contributed by atoms with Crippen LogP contribution < -0.4 is 26.0 Å². The van der Waals surface area contributed by atoms with Crippen molar-refractivity contribution >= 4 is 35.8 Å². The van der Waals surface area contributed by atoms with E-state index in [0.717, 1.165) is 23.5 Å². The Morgan fingerprint density at radius 3 is 2.10 bits per heavy atom. The van der Waals surface area contributed by atoms with Gasteiger partial charge in [-0.3, -0.25) is 14.6 Å². The normalized spacial score (nSPS) is 11.6. The van der Waals surface area contributed by atoms with E-state index in [1.807, 2.05) is 72.9 Å². The fourth-order valence-electron chi connectivity index (χ4n) is 2.76. The Labute approximate surface area is 167 Å². The highest BCUT2D eigenvalue weighted by Gasteiger charge is 2.43. The first-order valence-electron chi connectivity index (χ1n) is 9.10. The Hall–Kier alpha value is -2.73. The highest BCUT2D eigenvalue weighted by molar-refractivity contribution is 7.79. The number of nitrogens with zero attached hydrogens (tertiary/aromatic N) is 2. The van der Waals surface area contributed by atoms with Crippen LogP contribution in [0.1, 0.15) is 19.8 Å². The number of aromatic nitrogens is 2. The summed E-state index contributed by atoms with van der Waals surface area (Å²) in [5.41, 5.74) is 0.434. The summed E-state index contributed by atoms with van der Waals surface area (Å²) in [5, 5.41) is 7.62. The van der Waals surface area contributed by atoms with E-state index in [4.69, 9.17) is 4.52 Å². The van der Waals surface area contributed by atoms with Crippen LogP contribution in [0.2, 0.25) is 0 Å². The predicted molar refractivity (Wildman–Crippen MR) is 105 cm³/mol. The lowest BCUT2D eigenvalue weighted by atomic mass is 10.3. The first-order valence-corrected chi connectivity index (χ1v) is 10.4. The Balaban J connectivity index is 2.14. The highest BCUT2D eigenvalue weighted by Crippen LogP contribution is 2.34. The number of alkyl halides is 3. The largest absolute Gasteiger partial charge is 0.471 e. The molecule has 1 heterocycles. The number of carbonyl (C=O) groups excluding carboxylic acids is 1. The Bertz CT molecular complexity index is 907. The monoisotopic (exact) mass is 422 g/mol. The van der Waals surface area contributed by atoms with Crippen molar-refractivity contribution in [3.8, 4) is 0 Å². The number of rotatable bonds is 7. The van der Waals surface area contributed by atoms with Crippen LogP contribution in [-0.4, -0.2) is 17.4 Å². The molecule has 1 aromatic heterocycles. The first-order chi connectivity index (χ1) is 13.9. The molecule has 0 aliphatic rings. The van der Waals surface area contributed by atoms with Gasteiger partial charge in [0.2, 0.25) is 5.27 Å². The maximum Gasteiger partial charge on any atom is 0.471 e. The third-order valence-corrected chi connectivity index (χ3v) is 6.61. The standard InChI is InChI=1S/C20H19F3N3O2P/c1-2-3-14-26-18(17(28-25-26)24-19(27)20(21,22)23)29(15-10-6-4-7-11-15)16-12-8-5-9-13-16/h4-13H,2-3,14H2,1H3/p+1. The van der Waals surface area contributed by atoms with Gasteiger partial charge in [0.15, 0.2) is 6.54 Å². The minimum atomic E-state index is -5.03.